The van der Waals surface area contributed by atoms with E-state index in [4.69, 9.17) is 9.15 Å². The number of likely N-dealkylation sites (tertiary alicyclic amines) is 1. The lowest BCUT2D eigenvalue weighted by Gasteiger charge is -2.36. The molecule has 2 fully saturated rings. The van der Waals surface area contributed by atoms with E-state index in [1.54, 1.807) is 12.1 Å². The monoisotopic (exact) mass is 494 g/mol. The average molecular weight is 495 g/mol. The lowest BCUT2D eigenvalue weighted by Crippen LogP contribution is -3.13. The largest absolute Gasteiger partial charge is 0.484 e. The van der Waals surface area contributed by atoms with Gasteiger partial charge in [0.25, 0.3) is 11.8 Å². The molecule has 0 amide bonds. The molecule has 1 saturated carbocycles. The highest BCUT2D eigenvalue weighted by molar-refractivity contribution is 5.29. The SMILES string of the molecule is CCC1CC[NH+](Cc2nnc(C(O)(c3ccccc3)C3CCCCC3)o2)CC1Oc1ccc(F)cc1. The van der Waals surface area contributed by atoms with Crippen molar-refractivity contribution in [2.24, 2.45) is 11.8 Å². The van der Waals surface area contributed by atoms with Crippen molar-refractivity contribution in [1.82, 2.24) is 10.2 Å². The third-order valence-corrected chi connectivity index (χ3v) is 8.11. The fourth-order valence-corrected chi connectivity index (χ4v) is 6.02. The Kier molecular flexibility index (Phi) is 7.67. The first-order valence-electron chi connectivity index (χ1n) is 13.4. The summed E-state index contributed by atoms with van der Waals surface area (Å²) in [6, 6.07) is 16.0. The molecule has 192 valence electrons. The second-order valence-corrected chi connectivity index (χ2v) is 10.4. The number of halogens is 1. The van der Waals surface area contributed by atoms with Gasteiger partial charge < -0.3 is 19.2 Å². The smallest absolute Gasteiger partial charge is 0.271 e. The molecule has 4 unspecified atom stereocenters. The molecule has 0 radical (unpaired) electrons. The van der Waals surface area contributed by atoms with Crippen molar-refractivity contribution >= 4 is 0 Å². The van der Waals surface area contributed by atoms with Crippen LogP contribution in [-0.2, 0) is 12.1 Å². The van der Waals surface area contributed by atoms with E-state index in [9.17, 15) is 9.50 Å². The van der Waals surface area contributed by atoms with Gasteiger partial charge in [0.2, 0.25) is 0 Å². The summed E-state index contributed by atoms with van der Waals surface area (Å²) in [7, 11) is 0. The van der Waals surface area contributed by atoms with Crippen LogP contribution in [0.1, 0.15) is 69.2 Å². The molecule has 6 nitrogen and oxygen atoms in total. The molecule has 3 aromatic rings. The average Bonchev–Trinajstić information content (AvgIpc) is 3.40. The molecule has 1 aliphatic heterocycles. The summed E-state index contributed by atoms with van der Waals surface area (Å²) in [6.45, 7) is 4.57. The molecule has 5 rings (SSSR count). The molecule has 1 aliphatic carbocycles. The van der Waals surface area contributed by atoms with Crippen LogP contribution >= 0.6 is 0 Å². The van der Waals surface area contributed by atoms with Crippen LogP contribution in [0.15, 0.2) is 59.0 Å². The second-order valence-electron chi connectivity index (χ2n) is 10.4. The maximum atomic E-state index is 13.3. The van der Waals surface area contributed by atoms with Gasteiger partial charge in [-0.3, -0.25) is 0 Å². The van der Waals surface area contributed by atoms with Crippen LogP contribution in [0.5, 0.6) is 5.75 Å². The number of nitrogens with one attached hydrogen (secondary N) is 1. The van der Waals surface area contributed by atoms with Crippen LogP contribution in [0.4, 0.5) is 4.39 Å². The van der Waals surface area contributed by atoms with Crippen LogP contribution in [-0.4, -0.2) is 34.5 Å². The predicted octanol–water partition coefficient (Wildman–Crippen LogP) is 4.29. The van der Waals surface area contributed by atoms with Gasteiger partial charge in [-0.05, 0) is 49.1 Å². The van der Waals surface area contributed by atoms with E-state index >= 15 is 0 Å². The molecule has 0 spiro atoms. The molecule has 2 aliphatic rings. The standard InChI is InChI=1S/C29H36FN3O3/c1-2-21-17-18-33(19-26(21)35-25-15-13-24(30)14-16-25)20-27-31-32-28(36-27)29(34,22-9-5-3-6-10-22)23-11-7-4-8-12-23/h3,5-6,9-10,13-16,21,23,26,34H,2,4,7-8,11-12,17-20H2,1H3/p+1. The fourth-order valence-electron chi connectivity index (χ4n) is 6.02. The van der Waals surface area contributed by atoms with Crippen LogP contribution in [0.2, 0.25) is 0 Å². The molecule has 2 aromatic carbocycles. The number of quaternary nitrogens is 1. The van der Waals surface area contributed by atoms with Crippen LogP contribution < -0.4 is 9.64 Å². The molecule has 2 heterocycles. The lowest BCUT2D eigenvalue weighted by atomic mass is 9.73. The summed E-state index contributed by atoms with van der Waals surface area (Å²) in [4.78, 5) is 1.31. The number of rotatable bonds is 8. The van der Waals surface area contributed by atoms with Gasteiger partial charge in [0.15, 0.2) is 18.2 Å². The summed E-state index contributed by atoms with van der Waals surface area (Å²) >= 11 is 0. The first-order chi connectivity index (χ1) is 17.6. The van der Waals surface area contributed by atoms with Gasteiger partial charge in [0.05, 0.1) is 6.54 Å². The molecule has 1 saturated heterocycles. The molecular formula is C29H37FN3O3+. The quantitative estimate of drug-likeness (QED) is 0.489. The number of ether oxygens (including phenoxy) is 1. The fraction of sp³-hybridized carbons (Fsp3) is 0.517. The summed E-state index contributed by atoms with van der Waals surface area (Å²) in [5.41, 5.74) is -0.456. The zero-order chi connectivity index (χ0) is 25.0. The number of piperidine rings is 1. The van der Waals surface area contributed by atoms with Crippen LogP contribution in [0.3, 0.4) is 0 Å². The van der Waals surface area contributed by atoms with Gasteiger partial charge in [-0.1, -0.05) is 56.5 Å². The Morgan fingerprint density at radius 3 is 2.50 bits per heavy atom. The Balaban J connectivity index is 1.32. The van der Waals surface area contributed by atoms with Gasteiger partial charge >= 0.3 is 0 Å². The highest BCUT2D eigenvalue weighted by Crippen LogP contribution is 2.43. The number of aliphatic hydroxyl groups is 1. The minimum absolute atomic E-state index is 0.0371. The number of nitrogens with zero attached hydrogens (tertiary/aromatic N) is 2. The molecule has 2 N–H and O–H groups in total. The van der Waals surface area contributed by atoms with Crippen molar-refractivity contribution in [1.29, 1.82) is 0 Å². The van der Waals surface area contributed by atoms with Crippen molar-refractivity contribution < 1.29 is 23.6 Å². The molecule has 4 atom stereocenters. The lowest BCUT2D eigenvalue weighted by molar-refractivity contribution is -0.924. The van der Waals surface area contributed by atoms with Crippen molar-refractivity contribution in [3.63, 3.8) is 0 Å². The van der Waals surface area contributed by atoms with Crippen LogP contribution in [0.25, 0.3) is 0 Å². The van der Waals surface area contributed by atoms with Gasteiger partial charge in [-0.2, -0.15) is 0 Å². The molecule has 7 heteroatoms. The van der Waals surface area contributed by atoms with Gasteiger partial charge in [-0.25, -0.2) is 4.39 Å². The van der Waals surface area contributed by atoms with E-state index in [0.29, 0.717) is 30.0 Å². The van der Waals surface area contributed by atoms with E-state index in [1.165, 1.54) is 23.5 Å². The molecular weight excluding hydrogens is 457 g/mol. The number of aromatic nitrogens is 2. The third kappa shape index (κ3) is 5.32. The Hall–Kier alpha value is -2.77. The Labute approximate surface area is 212 Å². The van der Waals surface area contributed by atoms with Crippen molar-refractivity contribution in [2.45, 2.75) is 70.1 Å². The summed E-state index contributed by atoms with van der Waals surface area (Å²) in [6.07, 6.45) is 7.41. The normalized spacial score (nSPS) is 24.8. The third-order valence-electron chi connectivity index (χ3n) is 8.11. The van der Waals surface area contributed by atoms with Gasteiger partial charge in [-0.15, -0.1) is 10.2 Å². The summed E-state index contributed by atoms with van der Waals surface area (Å²) in [5.74, 6) is 1.79. The number of benzene rings is 2. The van der Waals surface area contributed by atoms with Gasteiger partial charge in [0.1, 0.15) is 18.1 Å². The number of hydrogen-bond donors (Lipinski definition) is 2. The minimum Gasteiger partial charge on any atom is -0.484 e. The minimum atomic E-state index is -1.27. The Morgan fingerprint density at radius 2 is 1.78 bits per heavy atom. The predicted molar refractivity (Wildman–Crippen MR) is 134 cm³/mol. The maximum Gasteiger partial charge on any atom is 0.271 e. The van der Waals surface area contributed by atoms with Gasteiger partial charge in [0, 0.05) is 18.3 Å². The summed E-state index contributed by atoms with van der Waals surface area (Å²) in [5, 5.41) is 20.8. The van der Waals surface area contributed by atoms with E-state index in [-0.39, 0.29) is 17.8 Å². The highest BCUT2D eigenvalue weighted by atomic mass is 19.1. The highest BCUT2D eigenvalue weighted by Gasteiger charge is 2.45. The molecule has 36 heavy (non-hydrogen) atoms. The first kappa shape index (κ1) is 24.9. The Bertz CT molecular complexity index is 1100. The van der Waals surface area contributed by atoms with Crippen molar-refractivity contribution in [3.05, 3.63) is 77.8 Å². The van der Waals surface area contributed by atoms with Crippen LogP contribution in [0, 0.1) is 17.7 Å². The molecule has 1 aromatic heterocycles. The van der Waals surface area contributed by atoms with Crippen molar-refractivity contribution in [2.75, 3.05) is 13.1 Å². The molecule has 0 bridgehead atoms. The number of hydrogen-bond acceptors (Lipinski definition) is 5. The van der Waals surface area contributed by atoms with E-state index in [0.717, 1.165) is 57.2 Å². The first-order valence-corrected chi connectivity index (χ1v) is 13.4. The zero-order valence-corrected chi connectivity index (χ0v) is 21.0. The topological polar surface area (TPSA) is 72.8 Å². The summed E-state index contributed by atoms with van der Waals surface area (Å²) < 4.78 is 25.8. The zero-order valence-electron chi connectivity index (χ0n) is 21.0. The Morgan fingerprint density at radius 1 is 1.03 bits per heavy atom. The van der Waals surface area contributed by atoms with E-state index in [1.807, 2.05) is 30.3 Å². The maximum absolute atomic E-state index is 13.3. The van der Waals surface area contributed by atoms with E-state index < -0.39 is 5.60 Å². The van der Waals surface area contributed by atoms with Crippen molar-refractivity contribution in [3.8, 4) is 5.75 Å². The van der Waals surface area contributed by atoms with E-state index in [2.05, 4.69) is 17.1 Å². The second kappa shape index (κ2) is 11.1.